The highest BCUT2D eigenvalue weighted by Gasteiger charge is 2.10. The molecule has 3 aromatic rings. The zero-order valence-electron chi connectivity index (χ0n) is 15.4. The van der Waals surface area contributed by atoms with Gasteiger partial charge in [0.05, 0.1) is 0 Å². The van der Waals surface area contributed by atoms with Crippen molar-refractivity contribution in [1.82, 2.24) is 4.98 Å². The van der Waals surface area contributed by atoms with E-state index in [0.29, 0.717) is 16.4 Å². The van der Waals surface area contributed by atoms with Crippen molar-refractivity contribution in [1.29, 1.82) is 0 Å². The number of hydrogen-bond acceptors (Lipinski definition) is 4. The highest BCUT2D eigenvalue weighted by Crippen LogP contribution is 2.26. The van der Waals surface area contributed by atoms with Crippen LogP contribution in [0.15, 0.2) is 60.8 Å². The number of amides is 2. The minimum atomic E-state index is -0.334. The summed E-state index contributed by atoms with van der Waals surface area (Å²) in [6, 6.07) is 15.9. The molecule has 0 saturated heterocycles. The topological polar surface area (TPSA) is 83.1 Å². The summed E-state index contributed by atoms with van der Waals surface area (Å²) >= 11 is 6.15. The van der Waals surface area contributed by atoms with Gasteiger partial charge in [0.1, 0.15) is 5.69 Å². The van der Waals surface area contributed by atoms with E-state index in [1.807, 2.05) is 25.1 Å². The molecular weight excluding hydrogens is 376 g/mol. The van der Waals surface area contributed by atoms with Crippen LogP contribution in [-0.2, 0) is 4.79 Å². The minimum absolute atomic E-state index is 0.153. The van der Waals surface area contributed by atoms with E-state index in [1.165, 1.54) is 6.92 Å². The molecule has 3 N–H and O–H groups in total. The van der Waals surface area contributed by atoms with Crippen LogP contribution < -0.4 is 16.0 Å². The van der Waals surface area contributed by atoms with E-state index in [2.05, 4.69) is 20.9 Å². The Morgan fingerprint density at radius 2 is 1.61 bits per heavy atom. The summed E-state index contributed by atoms with van der Waals surface area (Å²) in [6.45, 7) is 3.36. The molecule has 0 aliphatic rings. The van der Waals surface area contributed by atoms with Gasteiger partial charge in [0.25, 0.3) is 5.91 Å². The molecule has 0 fully saturated rings. The summed E-state index contributed by atoms with van der Waals surface area (Å²) in [5, 5.41) is 9.38. The van der Waals surface area contributed by atoms with Crippen molar-refractivity contribution in [3.05, 3.63) is 77.1 Å². The standard InChI is InChI=1S/C21H19ClN4O2/c1-13-18(22)4-3-5-19(13)25-17-10-11-23-20(12-17)21(28)26-16-8-6-15(7-9-16)24-14(2)27/h3-12H,1-2H3,(H,23,25)(H,24,27)(H,26,28). The Morgan fingerprint density at radius 3 is 2.29 bits per heavy atom. The predicted octanol–water partition coefficient (Wildman–Crippen LogP) is 5.00. The molecule has 2 aromatic carbocycles. The third-order valence-electron chi connectivity index (χ3n) is 4.00. The first-order valence-corrected chi connectivity index (χ1v) is 8.97. The van der Waals surface area contributed by atoms with Gasteiger partial charge in [-0.3, -0.25) is 14.6 Å². The van der Waals surface area contributed by atoms with Crippen molar-refractivity contribution in [2.45, 2.75) is 13.8 Å². The smallest absolute Gasteiger partial charge is 0.274 e. The Balaban J connectivity index is 1.71. The van der Waals surface area contributed by atoms with Crippen molar-refractivity contribution in [2.24, 2.45) is 0 Å². The summed E-state index contributed by atoms with van der Waals surface area (Å²) < 4.78 is 0. The number of benzene rings is 2. The highest BCUT2D eigenvalue weighted by atomic mass is 35.5. The lowest BCUT2D eigenvalue weighted by Gasteiger charge is -2.11. The van der Waals surface area contributed by atoms with Gasteiger partial charge in [-0.25, -0.2) is 0 Å². The number of halogens is 1. The number of carbonyl (C=O) groups is 2. The SMILES string of the molecule is CC(=O)Nc1ccc(NC(=O)c2cc(Nc3cccc(Cl)c3C)ccn2)cc1. The molecule has 0 aliphatic heterocycles. The first-order chi connectivity index (χ1) is 13.4. The second-order valence-corrected chi connectivity index (χ2v) is 6.59. The van der Waals surface area contributed by atoms with E-state index in [4.69, 9.17) is 11.6 Å². The average molecular weight is 395 g/mol. The van der Waals surface area contributed by atoms with Gasteiger partial charge >= 0.3 is 0 Å². The van der Waals surface area contributed by atoms with Gasteiger partial charge in [0.2, 0.25) is 5.91 Å². The molecular formula is C21H19ClN4O2. The molecule has 0 bridgehead atoms. The van der Waals surface area contributed by atoms with Crippen LogP contribution in [0.25, 0.3) is 0 Å². The van der Waals surface area contributed by atoms with Crippen molar-refractivity contribution in [2.75, 3.05) is 16.0 Å². The molecule has 3 rings (SSSR count). The molecule has 0 unspecified atom stereocenters. The van der Waals surface area contributed by atoms with Crippen LogP contribution in [-0.4, -0.2) is 16.8 Å². The summed E-state index contributed by atoms with van der Waals surface area (Å²) in [5.74, 6) is -0.487. The summed E-state index contributed by atoms with van der Waals surface area (Å²) in [4.78, 5) is 27.7. The maximum Gasteiger partial charge on any atom is 0.274 e. The number of aromatic nitrogens is 1. The minimum Gasteiger partial charge on any atom is -0.355 e. The normalized spacial score (nSPS) is 10.2. The van der Waals surface area contributed by atoms with E-state index in [0.717, 1.165) is 16.9 Å². The third kappa shape index (κ3) is 4.86. The predicted molar refractivity (Wildman–Crippen MR) is 112 cm³/mol. The number of nitrogens with zero attached hydrogens (tertiary/aromatic N) is 1. The molecule has 6 nitrogen and oxygen atoms in total. The van der Waals surface area contributed by atoms with E-state index in [9.17, 15) is 9.59 Å². The van der Waals surface area contributed by atoms with Crippen LogP contribution in [0.5, 0.6) is 0 Å². The molecule has 1 aromatic heterocycles. The van der Waals surface area contributed by atoms with Crippen LogP contribution in [0.2, 0.25) is 5.02 Å². The maximum absolute atomic E-state index is 12.5. The quantitative estimate of drug-likeness (QED) is 0.568. The van der Waals surface area contributed by atoms with Gasteiger partial charge in [-0.2, -0.15) is 0 Å². The van der Waals surface area contributed by atoms with Crippen LogP contribution >= 0.6 is 11.6 Å². The van der Waals surface area contributed by atoms with E-state index < -0.39 is 0 Å². The van der Waals surface area contributed by atoms with Crippen LogP contribution in [0.4, 0.5) is 22.7 Å². The number of pyridine rings is 1. The van der Waals surface area contributed by atoms with Crippen LogP contribution in [0.3, 0.4) is 0 Å². The zero-order valence-corrected chi connectivity index (χ0v) is 16.2. The summed E-state index contributed by atoms with van der Waals surface area (Å²) in [6.07, 6.45) is 1.57. The molecule has 0 saturated carbocycles. The van der Waals surface area contributed by atoms with Crippen molar-refractivity contribution < 1.29 is 9.59 Å². The Bertz CT molecular complexity index is 1020. The number of anilines is 4. The third-order valence-corrected chi connectivity index (χ3v) is 4.41. The molecule has 0 spiro atoms. The van der Waals surface area contributed by atoms with Crippen molar-refractivity contribution in [3.63, 3.8) is 0 Å². The number of nitrogens with one attached hydrogen (secondary N) is 3. The molecule has 0 radical (unpaired) electrons. The van der Waals surface area contributed by atoms with Crippen molar-refractivity contribution in [3.8, 4) is 0 Å². The molecule has 2 amide bonds. The highest BCUT2D eigenvalue weighted by molar-refractivity contribution is 6.31. The average Bonchev–Trinajstić information content (AvgIpc) is 2.67. The van der Waals surface area contributed by atoms with Crippen LogP contribution in [0, 0.1) is 6.92 Å². The first-order valence-electron chi connectivity index (χ1n) is 8.59. The second-order valence-electron chi connectivity index (χ2n) is 6.18. The summed E-state index contributed by atoms with van der Waals surface area (Å²) in [5.41, 5.74) is 4.05. The fourth-order valence-electron chi connectivity index (χ4n) is 2.57. The lowest BCUT2D eigenvalue weighted by Crippen LogP contribution is -2.14. The lowest BCUT2D eigenvalue weighted by atomic mass is 10.2. The zero-order chi connectivity index (χ0) is 20.1. The first kappa shape index (κ1) is 19.4. The Kier molecular flexibility index (Phi) is 5.91. The van der Waals surface area contributed by atoms with E-state index >= 15 is 0 Å². The largest absolute Gasteiger partial charge is 0.355 e. The number of rotatable bonds is 5. The van der Waals surface area contributed by atoms with E-state index in [-0.39, 0.29) is 17.5 Å². The van der Waals surface area contributed by atoms with Gasteiger partial charge in [-0.05, 0) is 61.0 Å². The van der Waals surface area contributed by atoms with Gasteiger partial charge in [-0.1, -0.05) is 17.7 Å². The Labute approximate surface area is 168 Å². The number of carbonyl (C=O) groups excluding carboxylic acids is 2. The van der Waals surface area contributed by atoms with Gasteiger partial charge in [-0.15, -0.1) is 0 Å². The Hall–Kier alpha value is -3.38. The maximum atomic E-state index is 12.5. The van der Waals surface area contributed by atoms with Crippen molar-refractivity contribution >= 4 is 46.2 Å². The van der Waals surface area contributed by atoms with Crippen LogP contribution in [0.1, 0.15) is 23.0 Å². The molecule has 0 aliphatic carbocycles. The fraction of sp³-hybridized carbons (Fsp3) is 0.0952. The van der Waals surface area contributed by atoms with Gasteiger partial charge < -0.3 is 16.0 Å². The lowest BCUT2D eigenvalue weighted by molar-refractivity contribution is -0.114. The fourth-order valence-corrected chi connectivity index (χ4v) is 2.74. The molecule has 1 heterocycles. The monoisotopic (exact) mass is 394 g/mol. The van der Waals surface area contributed by atoms with E-state index in [1.54, 1.807) is 42.6 Å². The van der Waals surface area contributed by atoms with Gasteiger partial charge in [0, 0.05) is 40.9 Å². The molecule has 28 heavy (non-hydrogen) atoms. The summed E-state index contributed by atoms with van der Waals surface area (Å²) in [7, 11) is 0. The second kappa shape index (κ2) is 8.54. The molecule has 0 atom stereocenters. The Morgan fingerprint density at radius 1 is 0.929 bits per heavy atom. The number of hydrogen-bond donors (Lipinski definition) is 3. The van der Waals surface area contributed by atoms with Gasteiger partial charge in [0.15, 0.2) is 0 Å². The molecule has 7 heteroatoms. The molecule has 142 valence electrons.